The van der Waals surface area contributed by atoms with Gasteiger partial charge < -0.3 is 19.6 Å². The number of ether oxygens (including phenoxy) is 1. The highest BCUT2D eigenvalue weighted by atomic mass is 16.5. The second-order valence-corrected chi connectivity index (χ2v) is 21.4. The van der Waals surface area contributed by atoms with Crippen molar-refractivity contribution in [3.63, 3.8) is 0 Å². The number of unbranched alkanes of at least 4 members (excludes halogenated alkanes) is 2. The average Bonchev–Trinajstić information content (AvgIpc) is 1.75. The summed E-state index contributed by atoms with van der Waals surface area (Å²) in [7, 11) is 1.37. The lowest BCUT2D eigenvalue weighted by molar-refractivity contribution is -0.155. The first-order valence-electron chi connectivity index (χ1n) is 28.8. The summed E-state index contributed by atoms with van der Waals surface area (Å²) in [5, 5.41) is 37.8. The molecular weight excluding hydrogens is 1050 g/mol. The number of tetrazole rings is 2. The molecule has 0 radical (unpaired) electrons. The molecule has 2 N–H and O–H groups in total. The van der Waals surface area contributed by atoms with Crippen LogP contribution in [-0.2, 0) is 42.5 Å². The summed E-state index contributed by atoms with van der Waals surface area (Å²) in [6, 6.07) is 61.4. The number of benzene rings is 7. The van der Waals surface area contributed by atoms with Crippen molar-refractivity contribution in [2.24, 2.45) is 11.8 Å². The Morgan fingerprint density at radius 1 is 0.548 bits per heavy atom. The predicted molar refractivity (Wildman–Crippen MR) is 325 cm³/mol. The molecule has 9 aromatic rings. The molecule has 16 heteroatoms. The number of carbonyl (C=O) groups excluding carboxylic acids is 3. The van der Waals surface area contributed by atoms with Crippen LogP contribution >= 0.6 is 0 Å². The number of carboxylic acid groups (broad SMARTS) is 1. The zero-order valence-electron chi connectivity index (χ0n) is 48.9. The number of aromatic nitrogens is 8. The molecule has 0 unspecified atom stereocenters. The van der Waals surface area contributed by atoms with Crippen LogP contribution in [0.25, 0.3) is 45.0 Å². The van der Waals surface area contributed by atoms with Gasteiger partial charge in [-0.1, -0.05) is 242 Å². The van der Waals surface area contributed by atoms with E-state index in [9.17, 15) is 24.3 Å². The summed E-state index contributed by atoms with van der Waals surface area (Å²) in [5.74, 6) is -0.730. The topological polar surface area (TPSA) is 202 Å². The number of hydrogen-bond donors (Lipinski definition) is 2. The molecule has 2 atom stereocenters. The van der Waals surface area contributed by atoms with E-state index >= 15 is 0 Å². The second kappa shape index (κ2) is 29.0. The van der Waals surface area contributed by atoms with Crippen LogP contribution in [0.2, 0.25) is 0 Å². The van der Waals surface area contributed by atoms with Gasteiger partial charge in [-0.05, 0) is 90.4 Å². The number of carbonyl (C=O) groups is 4. The van der Waals surface area contributed by atoms with Crippen molar-refractivity contribution in [2.45, 2.75) is 111 Å². The average molecular weight is 1130 g/mol. The number of rotatable bonds is 24. The van der Waals surface area contributed by atoms with E-state index in [1.807, 2.05) is 167 Å². The normalized spacial score (nSPS) is 12.0. The van der Waals surface area contributed by atoms with Crippen molar-refractivity contribution in [3.8, 4) is 45.0 Å². The van der Waals surface area contributed by atoms with Crippen LogP contribution in [0.4, 0.5) is 0 Å². The number of carboxylic acids is 1. The third-order valence-corrected chi connectivity index (χ3v) is 15.0. The smallest absolute Gasteiger partial charge is 0.328 e. The number of amides is 2. The number of nitrogens with zero attached hydrogens (tertiary/aromatic N) is 9. The molecule has 2 heterocycles. The number of aromatic amines is 1. The highest BCUT2D eigenvalue weighted by molar-refractivity contribution is 5.86. The first kappa shape index (κ1) is 60.7. The van der Waals surface area contributed by atoms with Gasteiger partial charge in [0.2, 0.25) is 17.6 Å². The minimum absolute atomic E-state index is 0.0501. The number of esters is 1. The van der Waals surface area contributed by atoms with Crippen molar-refractivity contribution >= 4 is 23.8 Å². The summed E-state index contributed by atoms with van der Waals surface area (Å²) in [6.45, 7) is 12.2. The zero-order chi connectivity index (χ0) is 59.6. The monoisotopic (exact) mass is 1130 g/mol. The van der Waals surface area contributed by atoms with Crippen LogP contribution in [0.1, 0.15) is 108 Å². The molecule has 7 aromatic carbocycles. The van der Waals surface area contributed by atoms with Crippen LogP contribution in [0.3, 0.4) is 0 Å². The molecule has 0 spiro atoms. The van der Waals surface area contributed by atoms with Crippen molar-refractivity contribution < 1.29 is 29.0 Å². The van der Waals surface area contributed by atoms with Crippen LogP contribution in [-0.4, -0.2) is 98.7 Å². The highest BCUT2D eigenvalue weighted by Gasteiger charge is 2.42. The highest BCUT2D eigenvalue weighted by Crippen LogP contribution is 2.43. The second-order valence-electron chi connectivity index (χ2n) is 21.4. The Bertz CT molecular complexity index is 3440. The SMILES string of the molecule is CCCCC(=O)N(Cc1ccc(-c2ccccc2-c2nn[nH]n2)cc1)[C@H](C(=O)O)C(C)C.CCCCC(=O)N(Cc1ccc(-c2ccccc2-c2nnnn2C(c2ccccc2)(c2ccccc2)c2ccccc2)cc1)[C@H](C(=O)OC)C(C)C. The van der Waals surface area contributed by atoms with Gasteiger partial charge in [0.15, 0.2) is 5.82 Å². The van der Waals surface area contributed by atoms with E-state index in [2.05, 4.69) is 93.4 Å². The third-order valence-electron chi connectivity index (χ3n) is 15.0. The first-order valence-corrected chi connectivity index (χ1v) is 28.8. The van der Waals surface area contributed by atoms with E-state index in [0.717, 1.165) is 86.9 Å². The molecule has 0 saturated heterocycles. The molecule has 2 aromatic heterocycles. The van der Waals surface area contributed by atoms with Gasteiger partial charge in [0.1, 0.15) is 17.6 Å². The van der Waals surface area contributed by atoms with Crippen molar-refractivity contribution in [3.05, 3.63) is 216 Å². The molecule has 2 amide bonds. The van der Waals surface area contributed by atoms with Gasteiger partial charge >= 0.3 is 11.9 Å². The Morgan fingerprint density at radius 3 is 1.37 bits per heavy atom. The van der Waals surface area contributed by atoms with Gasteiger partial charge in [0, 0.05) is 37.1 Å². The van der Waals surface area contributed by atoms with Gasteiger partial charge in [-0.15, -0.1) is 15.3 Å². The van der Waals surface area contributed by atoms with E-state index in [0.29, 0.717) is 31.0 Å². The summed E-state index contributed by atoms with van der Waals surface area (Å²) >= 11 is 0. The molecule has 0 bridgehead atoms. The summed E-state index contributed by atoms with van der Waals surface area (Å²) < 4.78 is 7.08. The van der Waals surface area contributed by atoms with Crippen LogP contribution in [0.15, 0.2) is 188 Å². The van der Waals surface area contributed by atoms with E-state index in [1.165, 1.54) is 12.0 Å². The molecule has 0 saturated carbocycles. The number of methoxy groups -OCH3 is 1. The number of aliphatic carboxylic acids is 1. The summed E-state index contributed by atoms with van der Waals surface area (Å²) in [6.07, 6.45) is 4.01. The molecule has 9 rings (SSSR count). The lowest BCUT2D eigenvalue weighted by Gasteiger charge is -2.36. The fourth-order valence-corrected chi connectivity index (χ4v) is 10.9. The van der Waals surface area contributed by atoms with E-state index in [4.69, 9.17) is 15.0 Å². The molecule has 0 aliphatic rings. The van der Waals surface area contributed by atoms with Crippen LogP contribution in [0.5, 0.6) is 0 Å². The standard InChI is InChI=1S/C44H45N5O3.C24H29N5O3/c1-5-6-26-40(50)48(41(32(2)3)43(51)52-4)31-33-27-29-34(30-28-33)38-24-16-17-25-39(38)42-45-46-47-49(42)44(35-18-10-7-11-19-35,36-20-12-8-13-21-36)37-22-14-9-15-23-37;1-4-5-10-21(30)29(22(16(2)3)24(31)32)15-17-11-13-18(14-12-17)19-8-6-7-9-20(19)23-25-27-28-26-23/h7-25,27-30,32,41H,5-6,26,31H2,1-4H3;6-9,11-14,16,22H,4-5,10,15H2,1-3H3,(H,31,32)(H,25,26,27,28)/t41-;22-/m00/s1. The third kappa shape index (κ3) is 13.9. The minimum atomic E-state index is -0.976. The quantitative estimate of drug-likeness (QED) is 0.0429. The number of H-pyrrole nitrogens is 1. The molecule has 432 valence electrons. The Labute approximate surface area is 491 Å². The van der Waals surface area contributed by atoms with Gasteiger partial charge in [0.25, 0.3) is 0 Å². The largest absolute Gasteiger partial charge is 0.480 e. The van der Waals surface area contributed by atoms with E-state index < -0.39 is 29.6 Å². The van der Waals surface area contributed by atoms with Crippen molar-refractivity contribution in [2.75, 3.05) is 7.11 Å². The van der Waals surface area contributed by atoms with Crippen molar-refractivity contribution in [1.82, 2.24) is 50.6 Å². The predicted octanol–water partition coefficient (Wildman–Crippen LogP) is 12.7. The fraction of sp³-hybridized carbons (Fsp3) is 0.294. The molecule has 0 aliphatic heterocycles. The van der Waals surface area contributed by atoms with E-state index in [-0.39, 0.29) is 30.2 Å². The van der Waals surface area contributed by atoms with Gasteiger partial charge in [-0.25, -0.2) is 14.3 Å². The molecule has 0 fully saturated rings. The maximum absolute atomic E-state index is 13.5. The summed E-state index contributed by atoms with van der Waals surface area (Å²) in [4.78, 5) is 54.3. The lowest BCUT2D eigenvalue weighted by Crippen LogP contribution is -2.48. The first-order chi connectivity index (χ1) is 40.8. The maximum atomic E-state index is 13.5. The van der Waals surface area contributed by atoms with Gasteiger partial charge in [-0.3, -0.25) is 9.59 Å². The Balaban J connectivity index is 0.000000246. The summed E-state index contributed by atoms with van der Waals surface area (Å²) in [5.41, 5.74) is 9.55. The zero-order valence-corrected chi connectivity index (χ0v) is 48.9. The Hall–Kier alpha value is -9.44. The van der Waals surface area contributed by atoms with Crippen LogP contribution < -0.4 is 0 Å². The molecule has 84 heavy (non-hydrogen) atoms. The van der Waals surface area contributed by atoms with Gasteiger partial charge in [0.05, 0.1) is 7.11 Å². The molecule has 0 aliphatic carbocycles. The number of nitrogens with one attached hydrogen (secondary N) is 1. The molecule has 16 nitrogen and oxygen atoms in total. The Morgan fingerprint density at radius 2 is 0.964 bits per heavy atom. The molecular formula is C68H74N10O6. The maximum Gasteiger partial charge on any atom is 0.328 e. The Kier molecular flexibility index (Phi) is 20.9. The minimum Gasteiger partial charge on any atom is -0.480 e. The van der Waals surface area contributed by atoms with E-state index in [1.54, 1.807) is 4.90 Å². The number of hydrogen-bond acceptors (Lipinski definition) is 11. The lowest BCUT2D eigenvalue weighted by atomic mass is 9.77. The van der Waals surface area contributed by atoms with Crippen molar-refractivity contribution in [1.29, 1.82) is 0 Å². The van der Waals surface area contributed by atoms with Gasteiger partial charge in [-0.2, -0.15) is 5.21 Å². The fourth-order valence-electron chi connectivity index (χ4n) is 10.9. The van der Waals surface area contributed by atoms with Crippen LogP contribution in [0, 0.1) is 11.8 Å².